The molecule has 4 N–H and O–H groups in total. The van der Waals surface area contributed by atoms with Gasteiger partial charge >= 0.3 is 5.97 Å². The van der Waals surface area contributed by atoms with Gasteiger partial charge in [0, 0.05) is 15.9 Å². The number of carboxylic acids is 1. The van der Waals surface area contributed by atoms with Gasteiger partial charge in [-0.3, -0.25) is 14.5 Å². The van der Waals surface area contributed by atoms with E-state index < -0.39 is 40.6 Å². The average Bonchev–Trinajstić information content (AvgIpc) is 3.49. The number of thiophene rings is 1. The van der Waals surface area contributed by atoms with Crippen molar-refractivity contribution >= 4 is 52.6 Å². The van der Waals surface area contributed by atoms with Crippen LogP contribution >= 0.6 is 34.9 Å². The molecule has 4 rings (SSSR count). The van der Waals surface area contributed by atoms with Crippen molar-refractivity contribution in [3.63, 3.8) is 0 Å². The highest BCUT2D eigenvalue weighted by Crippen LogP contribution is 2.44. The van der Waals surface area contributed by atoms with E-state index in [9.17, 15) is 29.9 Å². The maximum atomic E-state index is 12.8. The molecule has 2 aliphatic rings. The molecule has 0 aliphatic carbocycles. The smallest absolute Gasteiger partial charge is 0.352 e. The normalized spacial score (nSPS) is 21.9. The lowest BCUT2D eigenvalue weighted by molar-refractivity contribution is -0.151. The summed E-state index contributed by atoms with van der Waals surface area (Å²) in [7, 11) is 0. The summed E-state index contributed by atoms with van der Waals surface area (Å²) in [6.07, 6.45) is -1.44. The number of hydrogen-bond donors (Lipinski definition) is 4. The van der Waals surface area contributed by atoms with Gasteiger partial charge in [0.05, 0.1) is 12.5 Å². The summed E-state index contributed by atoms with van der Waals surface area (Å²) >= 11 is 3.56. The molecule has 1 fully saturated rings. The average molecular weight is 494 g/mol. The van der Waals surface area contributed by atoms with Gasteiger partial charge in [-0.2, -0.15) is 10.5 Å². The van der Waals surface area contributed by atoms with Crippen molar-refractivity contribution in [2.24, 2.45) is 0 Å². The molecule has 1 saturated heterocycles. The Balaban J connectivity index is 1.54. The zero-order chi connectivity index (χ0) is 22.8. The van der Waals surface area contributed by atoms with Gasteiger partial charge in [0.15, 0.2) is 6.10 Å². The van der Waals surface area contributed by atoms with Crippen molar-refractivity contribution in [2.75, 3.05) is 5.75 Å². The van der Waals surface area contributed by atoms with E-state index in [0.717, 1.165) is 16.7 Å². The monoisotopic (exact) mass is 493 g/mol. The first-order valence-electron chi connectivity index (χ1n) is 9.12. The lowest BCUT2D eigenvalue weighted by Gasteiger charge is -2.50. The second kappa shape index (κ2) is 9.28. The molecular weight excluding hydrogens is 478 g/mol. The second-order valence-corrected chi connectivity index (χ2v) is 9.91. The highest BCUT2D eigenvalue weighted by Gasteiger charge is 2.55. The molecule has 0 radical (unpaired) electrons. The number of nitriles is 1. The van der Waals surface area contributed by atoms with Crippen LogP contribution in [-0.2, 0) is 14.4 Å². The first-order chi connectivity index (χ1) is 15.4. The van der Waals surface area contributed by atoms with Crippen LogP contribution in [0.2, 0.25) is 0 Å². The van der Waals surface area contributed by atoms with Gasteiger partial charge in [0.25, 0.3) is 11.8 Å². The Labute approximate surface area is 193 Å². The van der Waals surface area contributed by atoms with Crippen LogP contribution < -0.4 is 5.32 Å². The molecule has 2 aromatic rings. The standard InChI is InChI=1S/C17H15N7O5S3/c18-4-3-8(32-17-20-22-23-21-17)7-6-31-15-10(14(27)24(15)11(7)16(28)29)19-13(26)12(25)9-2-1-5-30-9/h1-2,5,8,10,12,15,25H,3,6H2,(H,19,26)(H,28,29)(H,20,21,22,23)/t8?,10?,12?,15-/m1/s1. The Bertz CT molecular complexity index is 1100. The molecule has 32 heavy (non-hydrogen) atoms. The Morgan fingerprint density at radius 3 is 2.94 bits per heavy atom. The van der Waals surface area contributed by atoms with Crippen LogP contribution in [0.25, 0.3) is 0 Å². The lowest BCUT2D eigenvalue weighted by atomic mass is 10.00. The predicted molar refractivity (Wildman–Crippen MR) is 113 cm³/mol. The number of amides is 2. The number of aliphatic carboxylic acids is 1. The predicted octanol–water partition coefficient (Wildman–Crippen LogP) is 0.108. The minimum absolute atomic E-state index is 0.0221. The number of carbonyl (C=O) groups is 3. The molecule has 2 amide bonds. The van der Waals surface area contributed by atoms with Crippen LogP contribution in [0.3, 0.4) is 0 Å². The van der Waals surface area contributed by atoms with E-state index in [-0.39, 0.29) is 23.0 Å². The quantitative estimate of drug-likeness (QED) is 0.289. The summed E-state index contributed by atoms with van der Waals surface area (Å²) in [5.74, 6) is -2.40. The lowest BCUT2D eigenvalue weighted by Crippen LogP contribution is -2.71. The summed E-state index contributed by atoms with van der Waals surface area (Å²) in [5, 5.41) is 45.9. The van der Waals surface area contributed by atoms with Gasteiger partial charge in [-0.15, -0.1) is 33.3 Å². The Morgan fingerprint density at radius 2 is 2.31 bits per heavy atom. The summed E-state index contributed by atoms with van der Waals surface area (Å²) < 4.78 is 0. The minimum atomic E-state index is -1.41. The van der Waals surface area contributed by atoms with Crippen LogP contribution in [0.1, 0.15) is 17.4 Å². The topological polar surface area (TPSA) is 185 Å². The second-order valence-electron chi connectivity index (χ2n) is 6.66. The third-order valence-corrected chi connectivity index (χ3v) is 8.14. The van der Waals surface area contributed by atoms with Crippen LogP contribution in [0.5, 0.6) is 0 Å². The van der Waals surface area contributed by atoms with Gasteiger partial charge in [0.2, 0.25) is 5.16 Å². The van der Waals surface area contributed by atoms with Gasteiger partial charge in [-0.05, 0) is 22.2 Å². The van der Waals surface area contributed by atoms with Crippen LogP contribution in [-0.4, -0.2) is 75.9 Å². The zero-order valence-corrected chi connectivity index (χ0v) is 18.5. The van der Waals surface area contributed by atoms with E-state index in [2.05, 4.69) is 25.9 Å². The van der Waals surface area contributed by atoms with Crippen molar-refractivity contribution < 1.29 is 24.6 Å². The summed E-state index contributed by atoms with van der Waals surface area (Å²) in [4.78, 5) is 38.8. The molecule has 15 heteroatoms. The van der Waals surface area contributed by atoms with Crippen molar-refractivity contribution in [1.82, 2.24) is 30.8 Å². The first kappa shape index (κ1) is 22.3. The molecule has 0 spiro atoms. The third-order valence-electron chi connectivity index (χ3n) is 4.80. The first-order valence-corrected chi connectivity index (χ1v) is 11.9. The number of hydrogen-bond acceptors (Lipinski definition) is 11. The number of rotatable bonds is 8. The number of tetrazole rings is 1. The largest absolute Gasteiger partial charge is 0.477 e. The van der Waals surface area contributed by atoms with Gasteiger partial charge in [0.1, 0.15) is 17.1 Å². The fourth-order valence-corrected chi connectivity index (χ4v) is 6.51. The number of fused-ring (bicyclic) bond motifs is 1. The summed E-state index contributed by atoms with van der Waals surface area (Å²) in [5.41, 5.74) is 0.186. The number of β-lactam (4-membered cyclic amide) rings is 1. The molecule has 4 atom stereocenters. The summed E-state index contributed by atoms with van der Waals surface area (Å²) in [6.45, 7) is 0. The molecular formula is C17H15N7O5S3. The van der Waals surface area contributed by atoms with E-state index in [1.54, 1.807) is 17.5 Å². The molecule has 2 aliphatic heterocycles. The third kappa shape index (κ3) is 4.09. The van der Waals surface area contributed by atoms with Crippen molar-refractivity contribution in [3.05, 3.63) is 33.7 Å². The number of aliphatic hydroxyl groups is 1. The van der Waals surface area contributed by atoms with Crippen LogP contribution in [0, 0.1) is 11.3 Å². The van der Waals surface area contributed by atoms with E-state index in [4.69, 9.17) is 0 Å². The SMILES string of the molecule is N#CCC(Sc1nn[nH]n1)C1=C(C(=O)O)N2C(=O)C(NC(=O)C(O)c3cccs3)[C@H]2SC1. The van der Waals surface area contributed by atoms with E-state index >= 15 is 0 Å². The van der Waals surface area contributed by atoms with E-state index in [1.807, 2.05) is 6.07 Å². The molecule has 4 heterocycles. The highest BCUT2D eigenvalue weighted by molar-refractivity contribution is 8.01. The molecule has 12 nitrogen and oxygen atoms in total. The van der Waals surface area contributed by atoms with Gasteiger partial charge in [-0.25, -0.2) is 4.79 Å². The Hall–Kier alpha value is -2.93. The number of aromatic nitrogens is 4. The van der Waals surface area contributed by atoms with E-state index in [0.29, 0.717) is 10.5 Å². The number of carbonyl (C=O) groups excluding carboxylic acids is 2. The van der Waals surface area contributed by atoms with Crippen LogP contribution in [0.4, 0.5) is 0 Å². The number of thioether (sulfide) groups is 2. The van der Waals surface area contributed by atoms with Crippen LogP contribution in [0.15, 0.2) is 33.9 Å². The summed E-state index contributed by atoms with van der Waals surface area (Å²) in [6, 6.07) is 4.36. The fraction of sp³-hybridized carbons (Fsp3) is 0.353. The number of aromatic amines is 1. The molecule has 2 aromatic heterocycles. The molecule has 0 aromatic carbocycles. The number of carboxylic acid groups (broad SMARTS) is 1. The van der Waals surface area contributed by atoms with Crippen molar-refractivity contribution in [1.29, 1.82) is 5.26 Å². The Morgan fingerprint density at radius 1 is 1.50 bits per heavy atom. The van der Waals surface area contributed by atoms with Gasteiger partial charge in [-0.1, -0.05) is 17.8 Å². The maximum Gasteiger partial charge on any atom is 0.352 e. The molecule has 166 valence electrons. The highest BCUT2D eigenvalue weighted by atomic mass is 32.2. The Kier molecular flexibility index (Phi) is 6.46. The van der Waals surface area contributed by atoms with E-state index in [1.165, 1.54) is 23.1 Å². The van der Waals surface area contributed by atoms with Crippen molar-refractivity contribution in [2.45, 2.75) is 34.3 Å². The van der Waals surface area contributed by atoms with Gasteiger partial charge < -0.3 is 15.5 Å². The molecule has 0 saturated carbocycles. The number of aliphatic hydroxyl groups excluding tert-OH is 1. The maximum absolute atomic E-state index is 12.8. The number of nitrogens with zero attached hydrogens (tertiary/aromatic N) is 5. The molecule has 0 bridgehead atoms. The van der Waals surface area contributed by atoms with Crippen molar-refractivity contribution in [3.8, 4) is 6.07 Å². The molecule has 3 unspecified atom stereocenters. The number of H-pyrrole nitrogens is 1. The number of nitrogens with one attached hydrogen (secondary N) is 2. The zero-order valence-electron chi connectivity index (χ0n) is 16.0. The fourth-order valence-electron chi connectivity index (χ4n) is 3.35. The minimum Gasteiger partial charge on any atom is -0.477 e.